The van der Waals surface area contributed by atoms with Crippen molar-refractivity contribution < 1.29 is 9.05 Å². The van der Waals surface area contributed by atoms with Crippen LogP contribution in [0.5, 0.6) is 0 Å². The van der Waals surface area contributed by atoms with Crippen molar-refractivity contribution in [1.29, 1.82) is 0 Å². The van der Waals surface area contributed by atoms with Crippen LogP contribution in [0.3, 0.4) is 0 Å². The van der Waals surface area contributed by atoms with E-state index in [1.165, 1.54) is 5.56 Å². The Hall–Kier alpha value is -0.430. The molecule has 1 atom stereocenters. The van der Waals surface area contributed by atoms with Crippen molar-refractivity contribution in [2.24, 2.45) is 0 Å². The molecule has 0 N–H and O–H groups in total. The molecule has 0 saturated carbocycles. The van der Waals surface area contributed by atoms with Crippen molar-refractivity contribution in [3.8, 4) is 0 Å². The van der Waals surface area contributed by atoms with Gasteiger partial charge in [-0.3, -0.25) is 0 Å². The smallest absolute Gasteiger partial charge is 0.155 e. The quantitative estimate of drug-likeness (QED) is 0.516. The molecule has 1 aromatic rings. The zero-order valence-electron chi connectivity index (χ0n) is 7.82. The molecule has 1 unspecified atom stereocenters. The van der Waals surface area contributed by atoms with Gasteiger partial charge in [0.25, 0.3) is 0 Å². The molecule has 0 aliphatic carbocycles. The lowest BCUT2D eigenvalue weighted by Crippen LogP contribution is -1.86. The number of rotatable bonds is 6. The molecule has 0 saturated heterocycles. The molecule has 0 spiro atoms. The van der Waals surface area contributed by atoms with Crippen LogP contribution in [0.2, 0.25) is 0 Å². The molecule has 0 radical (unpaired) electrons. The van der Waals surface area contributed by atoms with Crippen LogP contribution in [-0.2, 0) is 15.7 Å². The second-order valence-electron chi connectivity index (χ2n) is 2.71. The number of hydrogen-bond acceptors (Lipinski definition) is 2. The van der Waals surface area contributed by atoms with Gasteiger partial charge >= 0.3 is 0 Å². The predicted octanol–water partition coefficient (Wildman–Crippen LogP) is 3.14. The summed E-state index contributed by atoms with van der Waals surface area (Å²) < 4.78 is 10.5. The lowest BCUT2D eigenvalue weighted by Gasteiger charge is -2.03. The fourth-order valence-electron chi connectivity index (χ4n) is 0.872. The molecule has 72 valence electrons. The summed E-state index contributed by atoms with van der Waals surface area (Å²) in [6.45, 7) is 3.51. The second kappa shape index (κ2) is 7.02. The fourth-order valence-corrected chi connectivity index (χ4v) is 1.47. The first-order valence-electron chi connectivity index (χ1n) is 4.46. The molecule has 0 aromatic heterocycles. The van der Waals surface area contributed by atoms with Gasteiger partial charge in [-0.15, -0.1) is 0 Å². The summed E-state index contributed by atoms with van der Waals surface area (Å²) in [7, 11) is 0.165. The maximum absolute atomic E-state index is 5.33. The lowest BCUT2D eigenvalue weighted by molar-refractivity contribution is 0.260. The van der Waals surface area contributed by atoms with Gasteiger partial charge < -0.3 is 9.05 Å². The van der Waals surface area contributed by atoms with E-state index in [9.17, 15) is 0 Å². The van der Waals surface area contributed by atoms with Crippen LogP contribution in [0.1, 0.15) is 18.9 Å². The highest BCUT2D eigenvalue weighted by molar-refractivity contribution is 7.26. The van der Waals surface area contributed by atoms with Gasteiger partial charge in [-0.1, -0.05) is 37.3 Å². The fraction of sp³-hybridized carbons (Fsp3) is 0.400. The van der Waals surface area contributed by atoms with Crippen LogP contribution in [-0.4, -0.2) is 6.61 Å². The first-order valence-corrected chi connectivity index (χ1v) is 5.27. The standard InChI is InChI=1S/C10H15O2P/c1-2-8-11-13-12-9-10-6-4-3-5-7-10/h3-7,13H,2,8-9H2,1H3. The van der Waals surface area contributed by atoms with Gasteiger partial charge in [-0.25, -0.2) is 0 Å². The van der Waals surface area contributed by atoms with Crippen molar-refractivity contribution in [2.45, 2.75) is 20.0 Å². The van der Waals surface area contributed by atoms with Crippen molar-refractivity contribution >= 4 is 9.03 Å². The van der Waals surface area contributed by atoms with Crippen LogP contribution in [0.25, 0.3) is 0 Å². The Morgan fingerprint density at radius 1 is 1.15 bits per heavy atom. The van der Waals surface area contributed by atoms with E-state index in [0.717, 1.165) is 13.0 Å². The van der Waals surface area contributed by atoms with E-state index in [0.29, 0.717) is 6.61 Å². The highest BCUT2D eigenvalue weighted by atomic mass is 31.1. The maximum atomic E-state index is 5.33. The highest BCUT2D eigenvalue weighted by Crippen LogP contribution is 2.16. The maximum Gasteiger partial charge on any atom is 0.155 e. The number of benzene rings is 1. The minimum atomic E-state index is 0.165. The summed E-state index contributed by atoms with van der Waals surface area (Å²) in [4.78, 5) is 0. The van der Waals surface area contributed by atoms with E-state index in [4.69, 9.17) is 9.05 Å². The van der Waals surface area contributed by atoms with Gasteiger partial charge in [0.1, 0.15) is 0 Å². The average Bonchev–Trinajstić information content (AvgIpc) is 2.19. The molecule has 0 bridgehead atoms. The van der Waals surface area contributed by atoms with Gasteiger partial charge in [0.2, 0.25) is 0 Å². The Morgan fingerprint density at radius 3 is 2.62 bits per heavy atom. The van der Waals surface area contributed by atoms with Crippen LogP contribution in [0.15, 0.2) is 30.3 Å². The summed E-state index contributed by atoms with van der Waals surface area (Å²) in [6, 6.07) is 10.1. The molecule has 1 rings (SSSR count). The summed E-state index contributed by atoms with van der Waals surface area (Å²) in [6.07, 6.45) is 1.04. The minimum absolute atomic E-state index is 0.165. The third-order valence-electron chi connectivity index (χ3n) is 1.51. The first kappa shape index (κ1) is 10.6. The molecular weight excluding hydrogens is 183 g/mol. The molecule has 0 amide bonds. The molecule has 0 heterocycles. The first-order chi connectivity index (χ1) is 6.43. The molecule has 3 heteroatoms. The monoisotopic (exact) mass is 198 g/mol. The third kappa shape index (κ3) is 4.99. The summed E-state index contributed by atoms with van der Waals surface area (Å²) >= 11 is 0. The molecule has 0 aliphatic heterocycles. The topological polar surface area (TPSA) is 18.5 Å². The Bertz CT molecular complexity index is 213. The van der Waals surface area contributed by atoms with Crippen molar-refractivity contribution in [1.82, 2.24) is 0 Å². The van der Waals surface area contributed by atoms with Crippen LogP contribution < -0.4 is 0 Å². The van der Waals surface area contributed by atoms with Gasteiger partial charge in [0.05, 0.1) is 13.2 Å². The normalized spacial score (nSPS) is 11.2. The molecule has 1 aromatic carbocycles. The van der Waals surface area contributed by atoms with Crippen LogP contribution >= 0.6 is 9.03 Å². The Labute approximate surface area is 81.2 Å². The zero-order valence-corrected chi connectivity index (χ0v) is 8.82. The average molecular weight is 198 g/mol. The van der Waals surface area contributed by atoms with Gasteiger partial charge in [-0.2, -0.15) is 0 Å². The van der Waals surface area contributed by atoms with Gasteiger partial charge in [0, 0.05) is 0 Å². The van der Waals surface area contributed by atoms with E-state index >= 15 is 0 Å². The molecule has 0 fully saturated rings. The lowest BCUT2D eigenvalue weighted by atomic mass is 10.2. The van der Waals surface area contributed by atoms with E-state index in [-0.39, 0.29) is 9.03 Å². The predicted molar refractivity (Wildman–Crippen MR) is 55.8 cm³/mol. The summed E-state index contributed by atoms with van der Waals surface area (Å²) in [5.74, 6) is 0. The van der Waals surface area contributed by atoms with Crippen molar-refractivity contribution in [3.63, 3.8) is 0 Å². The van der Waals surface area contributed by atoms with E-state index in [1.807, 2.05) is 30.3 Å². The van der Waals surface area contributed by atoms with Gasteiger partial charge in [0.15, 0.2) is 9.03 Å². The van der Waals surface area contributed by atoms with Crippen molar-refractivity contribution in [2.75, 3.05) is 6.61 Å². The highest BCUT2D eigenvalue weighted by Gasteiger charge is 1.91. The van der Waals surface area contributed by atoms with Crippen molar-refractivity contribution in [3.05, 3.63) is 35.9 Å². The molecule has 0 aliphatic rings. The molecule has 2 nitrogen and oxygen atoms in total. The zero-order chi connectivity index (χ0) is 9.36. The minimum Gasteiger partial charge on any atom is -0.336 e. The largest absolute Gasteiger partial charge is 0.336 e. The SMILES string of the molecule is CCCOPOCc1ccccc1. The summed E-state index contributed by atoms with van der Waals surface area (Å²) in [5, 5.41) is 0. The van der Waals surface area contributed by atoms with E-state index in [2.05, 4.69) is 6.92 Å². The molecule has 13 heavy (non-hydrogen) atoms. The third-order valence-corrected chi connectivity index (χ3v) is 2.09. The van der Waals surface area contributed by atoms with E-state index in [1.54, 1.807) is 0 Å². The molecular formula is C10H15O2P. The Kier molecular flexibility index (Phi) is 5.75. The van der Waals surface area contributed by atoms with Crippen LogP contribution in [0, 0.1) is 0 Å². The number of hydrogen-bond donors (Lipinski definition) is 0. The summed E-state index contributed by atoms with van der Waals surface area (Å²) in [5.41, 5.74) is 1.19. The Balaban J connectivity index is 2.07. The van der Waals surface area contributed by atoms with Crippen LogP contribution in [0.4, 0.5) is 0 Å². The van der Waals surface area contributed by atoms with Gasteiger partial charge in [-0.05, 0) is 12.0 Å². The van der Waals surface area contributed by atoms with E-state index < -0.39 is 0 Å². The Morgan fingerprint density at radius 2 is 1.92 bits per heavy atom. The second-order valence-corrected chi connectivity index (χ2v) is 3.45.